The molecule has 0 spiro atoms. The molecular formula is C10H15NO4S. The minimum atomic E-state index is -0.835. The predicted octanol–water partition coefficient (Wildman–Crippen LogP) is 1.23. The monoisotopic (exact) mass is 245 g/mol. The van der Waals surface area contributed by atoms with Crippen molar-refractivity contribution in [2.75, 3.05) is 7.11 Å². The maximum atomic E-state index is 11.6. The summed E-state index contributed by atoms with van der Waals surface area (Å²) < 4.78 is 6.60. The fourth-order valence-electron chi connectivity index (χ4n) is 1.43. The number of carboxylic acids is 1. The second-order valence-electron chi connectivity index (χ2n) is 3.46. The smallest absolute Gasteiger partial charge is 0.307 e. The molecular weight excluding hydrogens is 230 g/mol. The minimum absolute atomic E-state index is 0.0464. The highest BCUT2D eigenvalue weighted by molar-refractivity contribution is 7.09. The summed E-state index contributed by atoms with van der Waals surface area (Å²) in [7, 11) is 1.58. The maximum Gasteiger partial charge on any atom is 0.307 e. The van der Waals surface area contributed by atoms with Crippen LogP contribution in [0.3, 0.4) is 0 Å². The molecule has 1 rings (SSSR count). The molecule has 90 valence electrons. The summed E-state index contributed by atoms with van der Waals surface area (Å²) in [5.74, 6) is -0.835. The largest absolute Gasteiger partial charge is 0.481 e. The van der Waals surface area contributed by atoms with E-state index in [1.54, 1.807) is 11.7 Å². The Morgan fingerprint density at radius 3 is 2.81 bits per heavy atom. The van der Waals surface area contributed by atoms with E-state index in [-0.39, 0.29) is 11.3 Å². The quantitative estimate of drug-likeness (QED) is 0.818. The summed E-state index contributed by atoms with van der Waals surface area (Å²) in [4.78, 5) is 22.8. The fourth-order valence-corrected chi connectivity index (χ4v) is 2.42. The molecule has 5 nitrogen and oxygen atoms in total. The summed E-state index contributed by atoms with van der Waals surface area (Å²) in [6.45, 7) is 2.74. The lowest BCUT2D eigenvalue weighted by Gasteiger charge is -2.04. The minimum Gasteiger partial charge on any atom is -0.481 e. The van der Waals surface area contributed by atoms with Gasteiger partial charge >= 0.3 is 10.8 Å². The highest BCUT2D eigenvalue weighted by atomic mass is 32.1. The lowest BCUT2D eigenvalue weighted by molar-refractivity contribution is -0.137. The van der Waals surface area contributed by atoms with Crippen molar-refractivity contribution in [3.63, 3.8) is 0 Å². The molecule has 0 aliphatic carbocycles. The van der Waals surface area contributed by atoms with Gasteiger partial charge in [-0.2, -0.15) is 0 Å². The van der Waals surface area contributed by atoms with Gasteiger partial charge in [-0.05, 0) is 13.3 Å². The van der Waals surface area contributed by atoms with Crippen molar-refractivity contribution in [3.05, 3.63) is 20.2 Å². The van der Waals surface area contributed by atoms with E-state index in [9.17, 15) is 9.59 Å². The molecule has 0 aliphatic heterocycles. The van der Waals surface area contributed by atoms with Crippen LogP contribution in [0.1, 0.15) is 23.4 Å². The van der Waals surface area contributed by atoms with Crippen molar-refractivity contribution < 1.29 is 14.6 Å². The van der Waals surface area contributed by atoms with Gasteiger partial charge in [-0.25, -0.2) is 0 Å². The van der Waals surface area contributed by atoms with Crippen LogP contribution in [0, 0.1) is 6.92 Å². The van der Waals surface area contributed by atoms with E-state index in [4.69, 9.17) is 9.84 Å². The normalized spacial score (nSPS) is 10.6. The van der Waals surface area contributed by atoms with Gasteiger partial charge in [0.2, 0.25) is 0 Å². The third-order valence-electron chi connectivity index (χ3n) is 2.29. The zero-order chi connectivity index (χ0) is 12.1. The van der Waals surface area contributed by atoms with E-state index in [0.29, 0.717) is 19.6 Å². The van der Waals surface area contributed by atoms with Crippen LogP contribution in [-0.4, -0.2) is 22.8 Å². The first-order valence-corrected chi connectivity index (χ1v) is 5.77. The first-order valence-electron chi connectivity index (χ1n) is 4.96. The fraction of sp³-hybridized carbons (Fsp3) is 0.600. The Morgan fingerprint density at radius 1 is 1.56 bits per heavy atom. The Balaban J connectivity index is 2.72. The molecule has 1 heterocycles. The summed E-state index contributed by atoms with van der Waals surface area (Å²) >= 11 is 1.16. The molecule has 6 heteroatoms. The van der Waals surface area contributed by atoms with Gasteiger partial charge < -0.3 is 14.4 Å². The van der Waals surface area contributed by atoms with Crippen molar-refractivity contribution in [1.82, 2.24) is 4.57 Å². The van der Waals surface area contributed by atoms with Gasteiger partial charge in [0.15, 0.2) is 0 Å². The molecule has 0 atom stereocenters. The molecule has 1 N–H and O–H groups in total. The lowest BCUT2D eigenvalue weighted by Crippen LogP contribution is -2.15. The summed E-state index contributed by atoms with van der Waals surface area (Å²) in [6, 6.07) is 0. The third-order valence-corrected chi connectivity index (χ3v) is 3.34. The Hall–Kier alpha value is -1.14. The number of carbonyl (C=O) groups is 1. The van der Waals surface area contributed by atoms with Gasteiger partial charge in [0.25, 0.3) is 0 Å². The van der Waals surface area contributed by atoms with Crippen LogP contribution in [0.25, 0.3) is 0 Å². The Bertz CT molecular complexity index is 421. The van der Waals surface area contributed by atoms with E-state index in [2.05, 4.69) is 0 Å². The van der Waals surface area contributed by atoms with Gasteiger partial charge in [0.05, 0.1) is 11.5 Å². The zero-order valence-corrected chi connectivity index (χ0v) is 10.2. The van der Waals surface area contributed by atoms with Crippen LogP contribution in [0.2, 0.25) is 0 Å². The topological polar surface area (TPSA) is 68.5 Å². The van der Waals surface area contributed by atoms with Crippen molar-refractivity contribution in [3.8, 4) is 0 Å². The maximum absolute atomic E-state index is 11.6. The number of methoxy groups -OCH3 is 1. The van der Waals surface area contributed by atoms with Gasteiger partial charge in [-0.15, -0.1) is 0 Å². The molecule has 0 unspecified atom stereocenters. The Labute approximate surface area is 97.3 Å². The number of ether oxygens (including phenoxy) is 1. The molecule has 0 fully saturated rings. The van der Waals surface area contributed by atoms with Gasteiger partial charge in [-0.1, -0.05) is 11.3 Å². The average molecular weight is 245 g/mol. The van der Waals surface area contributed by atoms with E-state index < -0.39 is 5.97 Å². The van der Waals surface area contributed by atoms with Gasteiger partial charge in [-0.3, -0.25) is 9.59 Å². The zero-order valence-electron chi connectivity index (χ0n) is 9.36. The van der Waals surface area contributed by atoms with Crippen molar-refractivity contribution in [2.45, 2.75) is 32.9 Å². The van der Waals surface area contributed by atoms with Crippen molar-refractivity contribution in [2.24, 2.45) is 0 Å². The number of rotatable bonds is 6. The number of thiazole rings is 1. The van der Waals surface area contributed by atoms with Crippen molar-refractivity contribution >= 4 is 17.3 Å². The van der Waals surface area contributed by atoms with Gasteiger partial charge in [0.1, 0.15) is 0 Å². The molecule has 0 aromatic carbocycles. The summed E-state index contributed by atoms with van der Waals surface area (Å²) in [5.41, 5.74) is 0.877. The van der Waals surface area contributed by atoms with Crippen LogP contribution in [0.15, 0.2) is 4.79 Å². The number of carboxylic acid groups (broad SMARTS) is 1. The number of aromatic nitrogens is 1. The summed E-state index contributed by atoms with van der Waals surface area (Å²) in [6.07, 6.45) is 0.556. The standard InChI is InChI=1S/C10H15NO4S/c1-7-8(6-15-2)16-10(14)11(7)5-3-4-9(12)13/h3-6H2,1-2H3,(H,12,13). The molecule has 0 aliphatic rings. The Kier molecular flexibility index (Phi) is 4.70. The summed E-state index contributed by atoms with van der Waals surface area (Å²) in [5, 5.41) is 8.51. The molecule has 16 heavy (non-hydrogen) atoms. The number of aliphatic carboxylic acids is 1. The van der Waals surface area contributed by atoms with Crippen LogP contribution < -0.4 is 4.87 Å². The molecule has 0 radical (unpaired) electrons. The average Bonchev–Trinajstić information content (AvgIpc) is 2.45. The number of hydrogen-bond acceptors (Lipinski definition) is 4. The highest BCUT2D eigenvalue weighted by Gasteiger charge is 2.10. The first kappa shape index (κ1) is 12.9. The van der Waals surface area contributed by atoms with Crippen LogP contribution >= 0.6 is 11.3 Å². The molecule has 0 saturated heterocycles. The van der Waals surface area contributed by atoms with Crippen molar-refractivity contribution in [1.29, 1.82) is 0 Å². The molecule has 1 aromatic rings. The molecule has 0 saturated carbocycles. The van der Waals surface area contributed by atoms with Crippen LogP contribution in [0.4, 0.5) is 0 Å². The SMILES string of the molecule is COCc1sc(=O)n(CCCC(=O)O)c1C. The van der Waals surface area contributed by atoms with Crippen LogP contribution in [-0.2, 0) is 22.7 Å². The number of hydrogen-bond donors (Lipinski definition) is 1. The van der Waals surface area contributed by atoms with E-state index >= 15 is 0 Å². The van der Waals surface area contributed by atoms with Gasteiger partial charge in [0, 0.05) is 25.8 Å². The lowest BCUT2D eigenvalue weighted by atomic mass is 10.3. The highest BCUT2D eigenvalue weighted by Crippen LogP contribution is 2.13. The second-order valence-corrected chi connectivity index (χ2v) is 4.50. The number of nitrogens with zero attached hydrogens (tertiary/aromatic N) is 1. The predicted molar refractivity (Wildman–Crippen MR) is 60.9 cm³/mol. The second kappa shape index (κ2) is 5.81. The first-order chi connectivity index (χ1) is 7.56. The van der Waals surface area contributed by atoms with E-state index in [1.807, 2.05) is 6.92 Å². The third kappa shape index (κ3) is 3.18. The van der Waals surface area contributed by atoms with E-state index in [1.165, 1.54) is 0 Å². The van der Waals surface area contributed by atoms with E-state index in [0.717, 1.165) is 21.9 Å². The molecule has 0 bridgehead atoms. The Morgan fingerprint density at radius 2 is 2.25 bits per heavy atom. The van der Waals surface area contributed by atoms with Crippen LogP contribution in [0.5, 0.6) is 0 Å². The molecule has 1 aromatic heterocycles. The molecule has 0 amide bonds.